The van der Waals surface area contributed by atoms with Crippen LogP contribution in [0.5, 0.6) is 0 Å². The van der Waals surface area contributed by atoms with Crippen LogP contribution in [0.15, 0.2) is 0 Å². The number of alkyl halides is 1. The lowest BCUT2D eigenvalue weighted by Gasteiger charge is -2.36. The maximum absolute atomic E-state index is 12.2. The van der Waals surface area contributed by atoms with Crippen molar-refractivity contribution in [1.82, 2.24) is 4.90 Å². The number of hydrogen-bond donors (Lipinski definition) is 0. The van der Waals surface area contributed by atoms with Crippen molar-refractivity contribution in [2.24, 2.45) is 5.92 Å². The summed E-state index contributed by atoms with van der Waals surface area (Å²) in [6.45, 7) is 5.30. The van der Waals surface area contributed by atoms with Crippen LogP contribution in [0.1, 0.15) is 52.4 Å². The minimum atomic E-state index is 0.375. The van der Waals surface area contributed by atoms with Crippen molar-refractivity contribution >= 4 is 21.8 Å². The fourth-order valence-electron chi connectivity index (χ4n) is 2.31. The normalized spacial score (nSPS) is 23.2. The van der Waals surface area contributed by atoms with E-state index in [0.29, 0.717) is 17.9 Å². The Hall–Kier alpha value is -0.0500. The molecule has 2 nitrogen and oxygen atoms in total. The lowest BCUT2D eigenvalue weighted by atomic mass is 9.97. The van der Waals surface area contributed by atoms with Gasteiger partial charge in [-0.15, -0.1) is 0 Å². The van der Waals surface area contributed by atoms with Gasteiger partial charge in [-0.2, -0.15) is 0 Å². The average Bonchev–Trinajstić information content (AvgIpc) is 2.30. The number of rotatable bonds is 5. The summed E-state index contributed by atoms with van der Waals surface area (Å²) in [6.07, 6.45) is 6.60. The summed E-state index contributed by atoms with van der Waals surface area (Å²) in [7, 11) is 0. The monoisotopic (exact) mass is 289 g/mol. The summed E-state index contributed by atoms with van der Waals surface area (Å²) in [4.78, 5) is 14.3. The Labute approximate surface area is 108 Å². The molecule has 1 rings (SSSR count). The molecule has 94 valence electrons. The summed E-state index contributed by atoms with van der Waals surface area (Å²) >= 11 is 3.49. The van der Waals surface area contributed by atoms with E-state index >= 15 is 0 Å². The number of hydrogen-bond acceptors (Lipinski definition) is 1. The van der Waals surface area contributed by atoms with E-state index in [0.717, 1.165) is 31.1 Å². The first-order chi connectivity index (χ1) is 7.69. The van der Waals surface area contributed by atoms with Crippen LogP contribution >= 0.6 is 15.9 Å². The molecule has 0 spiro atoms. The molecule has 3 heteroatoms. The Balaban J connectivity index is 2.50. The number of carbonyl (C=O) groups excluding carboxylic acids is 1. The van der Waals surface area contributed by atoms with Crippen LogP contribution in [0, 0.1) is 5.92 Å². The molecule has 0 aromatic heterocycles. The molecule has 16 heavy (non-hydrogen) atoms. The van der Waals surface area contributed by atoms with Crippen molar-refractivity contribution in [2.75, 3.05) is 11.9 Å². The smallest absolute Gasteiger partial charge is 0.223 e. The van der Waals surface area contributed by atoms with Crippen LogP contribution in [-0.4, -0.2) is 28.7 Å². The zero-order valence-corrected chi connectivity index (χ0v) is 12.1. The molecule has 0 aromatic rings. The maximum atomic E-state index is 12.2. The lowest BCUT2D eigenvalue weighted by Crippen LogP contribution is -2.44. The molecule has 1 heterocycles. The lowest BCUT2D eigenvalue weighted by molar-refractivity contribution is -0.135. The standard InChI is InChI=1S/C13H24BrNO/c1-3-11(2)10-13(16)15-9-5-4-6-12(15)7-8-14/h11-12H,3-10H2,1-2H3. The van der Waals surface area contributed by atoms with Crippen molar-refractivity contribution in [3.05, 3.63) is 0 Å². The van der Waals surface area contributed by atoms with E-state index in [9.17, 15) is 4.79 Å². The third kappa shape index (κ3) is 4.08. The van der Waals surface area contributed by atoms with Gasteiger partial charge in [-0.05, 0) is 31.6 Å². The number of piperidine rings is 1. The molecule has 2 unspecified atom stereocenters. The second-order valence-corrected chi connectivity index (χ2v) is 5.72. The Kier molecular flexibility index (Phi) is 6.40. The van der Waals surface area contributed by atoms with Crippen LogP contribution in [0.25, 0.3) is 0 Å². The fourth-order valence-corrected chi connectivity index (χ4v) is 2.84. The summed E-state index contributed by atoms with van der Waals surface area (Å²) in [5.74, 6) is 0.902. The minimum absolute atomic E-state index is 0.375. The molecule has 2 atom stereocenters. The number of amides is 1. The van der Waals surface area contributed by atoms with Gasteiger partial charge in [-0.3, -0.25) is 4.79 Å². The molecule has 0 aliphatic carbocycles. The summed E-state index contributed by atoms with van der Waals surface area (Å²) < 4.78 is 0. The van der Waals surface area contributed by atoms with E-state index in [1.165, 1.54) is 19.3 Å². The van der Waals surface area contributed by atoms with Gasteiger partial charge in [0.05, 0.1) is 0 Å². The summed E-state index contributed by atoms with van der Waals surface area (Å²) in [6, 6.07) is 0.490. The number of likely N-dealkylation sites (tertiary alicyclic amines) is 1. The van der Waals surface area contributed by atoms with Crippen LogP contribution in [0.2, 0.25) is 0 Å². The van der Waals surface area contributed by atoms with E-state index in [2.05, 4.69) is 34.7 Å². The quantitative estimate of drug-likeness (QED) is 0.709. The van der Waals surface area contributed by atoms with E-state index in [1.54, 1.807) is 0 Å². The molecule has 1 fully saturated rings. The van der Waals surface area contributed by atoms with Crippen molar-refractivity contribution in [3.8, 4) is 0 Å². The summed E-state index contributed by atoms with van der Waals surface area (Å²) in [5, 5.41) is 1.00. The van der Waals surface area contributed by atoms with Crippen molar-refractivity contribution in [3.63, 3.8) is 0 Å². The third-order valence-corrected chi connectivity index (χ3v) is 4.07. The SMILES string of the molecule is CCC(C)CC(=O)N1CCCCC1CCBr. The molecular weight excluding hydrogens is 266 g/mol. The molecule has 1 amide bonds. The molecule has 1 aliphatic heterocycles. The van der Waals surface area contributed by atoms with Gasteiger partial charge in [-0.1, -0.05) is 36.2 Å². The first kappa shape index (κ1) is 14.0. The molecular formula is C13H24BrNO. The first-order valence-corrected chi connectivity index (χ1v) is 7.66. The highest BCUT2D eigenvalue weighted by molar-refractivity contribution is 9.09. The Morgan fingerprint density at radius 3 is 2.88 bits per heavy atom. The fraction of sp³-hybridized carbons (Fsp3) is 0.923. The van der Waals surface area contributed by atoms with Gasteiger partial charge in [0.25, 0.3) is 0 Å². The maximum Gasteiger partial charge on any atom is 0.223 e. The highest BCUT2D eigenvalue weighted by Gasteiger charge is 2.26. The zero-order chi connectivity index (χ0) is 12.0. The highest BCUT2D eigenvalue weighted by atomic mass is 79.9. The number of nitrogens with zero attached hydrogens (tertiary/aromatic N) is 1. The molecule has 0 aromatic carbocycles. The predicted molar refractivity (Wildman–Crippen MR) is 71.8 cm³/mol. The Morgan fingerprint density at radius 1 is 1.50 bits per heavy atom. The molecule has 0 radical (unpaired) electrons. The number of carbonyl (C=O) groups is 1. The average molecular weight is 290 g/mol. The molecule has 0 saturated carbocycles. The Morgan fingerprint density at radius 2 is 2.25 bits per heavy atom. The van der Waals surface area contributed by atoms with Crippen LogP contribution in [0.3, 0.4) is 0 Å². The van der Waals surface area contributed by atoms with E-state index < -0.39 is 0 Å². The highest BCUT2D eigenvalue weighted by Crippen LogP contribution is 2.22. The van der Waals surface area contributed by atoms with E-state index in [1.807, 2.05) is 0 Å². The minimum Gasteiger partial charge on any atom is -0.340 e. The van der Waals surface area contributed by atoms with Crippen molar-refractivity contribution < 1.29 is 4.79 Å². The van der Waals surface area contributed by atoms with Gasteiger partial charge in [0, 0.05) is 24.3 Å². The van der Waals surface area contributed by atoms with Gasteiger partial charge in [-0.25, -0.2) is 0 Å². The van der Waals surface area contributed by atoms with Crippen LogP contribution in [-0.2, 0) is 4.79 Å². The zero-order valence-electron chi connectivity index (χ0n) is 10.5. The van der Waals surface area contributed by atoms with E-state index in [4.69, 9.17) is 0 Å². The predicted octanol–water partition coefficient (Wildman–Crippen LogP) is 3.59. The third-order valence-electron chi connectivity index (χ3n) is 3.61. The van der Waals surface area contributed by atoms with E-state index in [-0.39, 0.29) is 0 Å². The van der Waals surface area contributed by atoms with Crippen molar-refractivity contribution in [2.45, 2.75) is 58.4 Å². The topological polar surface area (TPSA) is 20.3 Å². The van der Waals surface area contributed by atoms with Gasteiger partial charge in [0.2, 0.25) is 5.91 Å². The number of halogens is 1. The first-order valence-electron chi connectivity index (χ1n) is 6.54. The Bertz CT molecular complexity index is 218. The second-order valence-electron chi connectivity index (χ2n) is 4.93. The van der Waals surface area contributed by atoms with Gasteiger partial charge >= 0.3 is 0 Å². The summed E-state index contributed by atoms with van der Waals surface area (Å²) in [5.41, 5.74) is 0. The van der Waals surface area contributed by atoms with Gasteiger partial charge in [0.1, 0.15) is 0 Å². The van der Waals surface area contributed by atoms with Gasteiger partial charge < -0.3 is 4.90 Å². The van der Waals surface area contributed by atoms with Crippen LogP contribution < -0.4 is 0 Å². The van der Waals surface area contributed by atoms with Gasteiger partial charge in [0.15, 0.2) is 0 Å². The molecule has 1 saturated heterocycles. The largest absolute Gasteiger partial charge is 0.340 e. The second kappa shape index (κ2) is 7.31. The molecule has 0 N–H and O–H groups in total. The molecule has 1 aliphatic rings. The molecule has 0 bridgehead atoms. The van der Waals surface area contributed by atoms with Crippen molar-refractivity contribution in [1.29, 1.82) is 0 Å². The van der Waals surface area contributed by atoms with Crippen LogP contribution in [0.4, 0.5) is 0 Å².